The van der Waals surface area contributed by atoms with Crippen LogP contribution in [-0.4, -0.2) is 20.9 Å². The van der Waals surface area contributed by atoms with Crippen LogP contribution in [0.3, 0.4) is 0 Å². The number of hydrogen-bond donors (Lipinski definition) is 1. The van der Waals surface area contributed by atoms with Crippen molar-refractivity contribution in [3.05, 3.63) is 50.6 Å². The third-order valence-corrected chi connectivity index (χ3v) is 1.97. The van der Waals surface area contributed by atoms with Crippen molar-refractivity contribution in [2.75, 3.05) is 0 Å². The molecule has 8 heteroatoms. The van der Waals surface area contributed by atoms with Gasteiger partial charge in [0.1, 0.15) is 0 Å². The summed E-state index contributed by atoms with van der Waals surface area (Å²) in [7, 11) is 0. The van der Waals surface area contributed by atoms with Crippen LogP contribution in [0.4, 0.5) is 11.4 Å². The van der Waals surface area contributed by atoms with Crippen molar-refractivity contribution in [3.8, 4) is 0 Å². The van der Waals surface area contributed by atoms with E-state index in [0.29, 0.717) is 6.07 Å². The third-order valence-electron chi connectivity index (χ3n) is 1.97. The Labute approximate surface area is 94.1 Å². The molecule has 0 amide bonds. The van der Waals surface area contributed by atoms with E-state index in [1.807, 2.05) is 0 Å². The first-order valence-corrected chi connectivity index (χ1v) is 4.20. The zero-order valence-electron chi connectivity index (χ0n) is 8.32. The van der Waals surface area contributed by atoms with Crippen LogP contribution < -0.4 is 0 Å². The molecule has 0 unspecified atom stereocenters. The minimum atomic E-state index is -1.43. The molecular formula is C9H6N2O6. The van der Waals surface area contributed by atoms with Gasteiger partial charge in [0.05, 0.1) is 27.0 Å². The Kier molecular flexibility index (Phi) is 3.18. The van der Waals surface area contributed by atoms with Gasteiger partial charge in [-0.1, -0.05) is 6.58 Å². The van der Waals surface area contributed by atoms with Gasteiger partial charge in [-0.25, -0.2) is 4.79 Å². The second kappa shape index (κ2) is 4.39. The Balaban J connectivity index is 3.42. The maximum absolute atomic E-state index is 10.7. The number of nitrogens with zero attached hydrogens (tertiary/aromatic N) is 2. The highest BCUT2D eigenvalue weighted by Gasteiger charge is 2.23. The van der Waals surface area contributed by atoms with Gasteiger partial charge in [0.2, 0.25) is 0 Å². The second-order valence-electron chi connectivity index (χ2n) is 3.00. The average molecular weight is 238 g/mol. The number of rotatable bonds is 4. The summed E-state index contributed by atoms with van der Waals surface area (Å²) in [6.45, 7) is 3.17. The molecular weight excluding hydrogens is 232 g/mol. The highest BCUT2D eigenvalue weighted by atomic mass is 16.6. The van der Waals surface area contributed by atoms with E-state index in [-0.39, 0.29) is 5.56 Å². The predicted molar refractivity (Wildman–Crippen MR) is 56.4 cm³/mol. The quantitative estimate of drug-likeness (QED) is 0.482. The molecule has 0 saturated heterocycles. The number of carbonyl (C=O) groups is 1. The third kappa shape index (κ3) is 2.43. The summed E-state index contributed by atoms with van der Waals surface area (Å²) in [5.74, 6) is -1.43. The Morgan fingerprint density at radius 1 is 1.24 bits per heavy atom. The van der Waals surface area contributed by atoms with E-state index >= 15 is 0 Å². The summed E-state index contributed by atoms with van der Waals surface area (Å²) in [5.41, 5.74) is -1.90. The van der Waals surface area contributed by atoms with Crippen LogP contribution in [0.15, 0.2) is 24.8 Å². The van der Waals surface area contributed by atoms with Gasteiger partial charge in [-0.3, -0.25) is 20.2 Å². The molecule has 1 rings (SSSR count). The van der Waals surface area contributed by atoms with Crippen LogP contribution in [0.5, 0.6) is 0 Å². The number of carboxylic acid groups (broad SMARTS) is 1. The van der Waals surface area contributed by atoms with Gasteiger partial charge in [-0.2, -0.15) is 0 Å². The van der Waals surface area contributed by atoms with Crippen molar-refractivity contribution < 1.29 is 19.7 Å². The first kappa shape index (κ1) is 12.3. The molecule has 0 radical (unpaired) electrons. The fourth-order valence-electron chi connectivity index (χ4n) is 1.16. The zero-order chi connectivity index (χ0) is 13.2. The van der Waals surface area contributed by atoms with Crippen LogP contribution in [-0.2, 0) is 4.79 Å². The fourth-order valence-corrected chi connectivity index (χ4v) is 1.16. The summed E-state index contributed by atoms with van der Waals surface area (Å²) in [6, 6.07) is 2.67. The topological polar surface area (TPSA) is 124 Å². The molecule has 1 aromatic carbocycles. The monoisotopic (exact) mass is 238 g/mol. The maximum atomic E-state index is 10.7. The van der Waals surface area contributed by atoms with Crippen molar-refractivity contribution in [2.45, 2.75) is 0 Å². The number of non-ortho nitro benzene ring substituents is 1. The molecule has 0 atom stereocenters. The fraction of sp³-hybridized carbons (Fsp3) is 0. The van der Waals surface area contributed by atoms with E-state index < -0.39 is 32.8 Å². The lowest BCUT2D eigenvalue weighted by Gasteiger charge is -2.01. The van der Waals surface area contributed by atoms with Crippen molar-refractivity contribution in [1.29, 1.82) is 0 Å². The van der Waals surface area contributed by atoms with Crippen molar-refractivity contribution in [1.82, 2.24) is 0 Å². The first-order valence-electron chi connectivity index (χ1n) is 4.20. The van der Waals surface area contributed by atoms with Gasteiger partial charge in [0.15, 0.2) is 0 Å². The van der Waals surface area contributed by atoms with Crippen molar-refractivity contribution in [3.63, 3.8) is 0 Å². The predicted octanol–water partition coefficient (Wildman–Crippen LogP) is 1.60. The van der Waals surface area contributed by atoms with E-state index in [1.54, 1.807) is 0 Å². The standard InChI is InChI=1S/C9H6N2O6/c1-5(9(12)13)7-3-2-6(10(14)15)4-8(7)11(16)17/h2-4H,1H2,(H,12,13). The second-order valence-corrected chi connectivity index (χ2v) is 3.00. The van der Waals surface area contributed by atoms with E-state index in [4.69, 9.17) is 5.11 Å². The number of nitro benzene ring substituents is 2. The summed E-state index contributed by atoms with van der Waals surface area (Å²) in [4.78, 5) is 30.0. The van der Waals surface area contributed by atoms with E-state index in [0.717, 1.165) is 12.1 Å². The van der Waals surface area contributed by atoms with Crippen LogP contribution in [0.25, 0.3) is 5.57 Å². The number of carboxylic acids is 1. The molecule has 0 spiro atoms. The van der Waals surface area contributed by atoms with Crippen LogP contribution in [0.1, 0.15) is 5.56 Å². The normalized spacial score (nSPS) is 9.65. The maximum Gasteiger partial charge on any atom is 0.335 e. The highest BCUT2D eigenvalue weighted by molar-refractivity contribution is 6.15. The lowest BCUT2D eigenvalue weighted by atomic mass is 10.1. The average Bonchev–Trinajstić information content (AvgIpc) is 2.26. The van der Waals surface area contributed by atoms with Crippen LogP contribution in [0, 0.1) is 20.2 Å². The molecule has 8 nitrogen and oxygen atoms in total. The van der Waals surface area contributed by atoms with Gasteiger partial charge >= 0.3 is 5.97 Å². The smallest absolute Gasteiger partial charge is 0.335 e. The highest BCUT2D eigenvalue weighted by Crippen LogP contribution is 2.29. The molecule has 0 fully saturated rings. The lowest BCUT2D eigenvalue weighted by molar-refractivity contribution is -0.394. The largest absolute Gasteiger partial charge is 0.478 e. The van der Waals surface area contributed by atoms with Gasteiger partial charge in [-0.15, -0.1) is 0 Å². The molecule has 0 heterocycles. The summed E-state index contributed by atoms with van der Waals surface area (Å²) >= 11 is 0. The zero-order valence-corrected chi connectivity index (χ0v) is 8.32. The SMILES string of the molecule is C=C(C(=O)O)c1ccc([N+](=O)[O-])cc1[N+](=O)[O-]. The Hall–Kier alpha value is -2.77. The first-order chi connectivity index (χ1) is 7.84. The molecule has 0 aliphatic carbocycles. The molecule has 88 valence electrons. The molecule has 1 N–H and O–H groups in total. The van der Waals surface area contributed by atoms with E-state index in [1.165, 1.54) is 0 Å². The van der Waals surface area contributed by atoms with Gasteiger partial charge in [0.25, 0.3) is 11.4 Å². The van der Waals surface area contributed by atoms with Gasteiger partial charge in [0, 0.05) is 6.07 Å². The van der Waals surface area contributed by atoms with Crippen molar-refractivity contribution in [2.24, 2.45) is 0 Å². The minimum Gasteiger partial charge on any atom is -0.478 e. The van der Waals surface area contributed by atoms with Crippen molar-refractivity contribution >= 4 is 22.9 Å². The summed E-state index contributed by atoms with van der Waals surface area (Å²) < 4.78 is 0. The molecule has 17 heavy (non-hydrogen) atoms. The Bertz CT molecular complexity index is 536. The van der Waals surface area contributed by atoms with Crippen LogP contribution >= 0.6 is 0 Å². The number of nitro groups is 2. The van der Waals surface area contributed by atoms with E-state index in [9.17, 15) is 25.0 Å². The minimum absolute atomic E-state index is 0.256. The molecule has 0 bridgehead atoms. The van der Waals surface area contributed by atoms with Gasteiger partial charge in [-0.05, 0) is 6.07 Å². The number of benzene rings is 1. The summed E-state index contributed by atoms with van der Waals surface area (Å²) in [6.07, 6.45) is 0. The molecule has 0 aliphatic rings. The number of aliphatic carboxylic acids is 1. The number of hydrogen-bond acceptors (Lipinski definition) is 5. The van der Waals surface area contributed by atoms with Crippen LogP contribution in [0.2, 0.25) is 0 Å². The van der Waals surface area contributed by atoms with E-state index in [2.05, 4.69) is 6.58 Å². The molecule has 0 saturated carbocycles. The Morgan fingerprint density at radius 2 is 1.82 bits per heavy atom. The molecule has 1 aromatic rings. The molecule has 0 aromatic heterocycles. The van der Waals surface area contributed by atoms with Gasteiger partial charge < -0.3 is 5.11 Å². The summed E-state index contributed by atoms with van der Waals surface area (Å²) in [5, 5.41) is 29.8. The molecule has 0 aliphatic heterocycles. The Morgan fingerprint density at radius 3 is 2.24 bits per heavy atom. The lowest BCUT2D eigenvalue weighted by Crippen LogP contribution is -2.02.